The molecule has 1 aromatic heterocycles. The van der Waals surface area contributed by atoms with E-state index in [1.807, 2.05) is 19.1 Å². The molecule has 0 saturated heterocycles. The lowest BCUT2D eigenvalue weighted by Gasteiger charge is -2.24. The third kappa shape index (κ3) is 4.04. The summed E-state index contributed by atoms with van der Waals surface area (Å²) in [5.74, 6) is -0.471. The number of rotatable bonds is 8. The number of anilines is 1. The third-order valence-electron chi connectivity index (χ3n) is 4.43. The van der Waals surface area contributed by atoms with Crippen molar-refractivity contribution in [1.82, 2.24) is 0 Å². The zero-order valence-corrected chi connectivity index (χ0v) is 16.3. The predicted octanol–water partition coefficient (Wildman–Crippen LogP) is 3.65. The lowest BCUT2D eigenvalue weighted by atomic mass is 9.84. The molecule has 5 nitrogen and oxygen atoms in total. The van der Waals surface area contributed by atoms with Crippen LogP contribution in [0.5, 0.6) is 0 Å². The van der Waals surface area contributed by atoms with E-state index in [0.29, 0.717) is 17.0 Å². The van der Waals surface area contributed by atoms with Crippen LogP contribution in [0.15, 0.2) is 40.6 Å². The number of hydrogen-bond donors (Lipinski definition) is 2. The molecule has 136 valence electrons. The summed E-state index contributed by atoms with van der Waals surface area (Å²) in [6, 6.07) is 8.52. The summed E-state index contributed by atoms with van der Waals surface area (Å²) in [6.07, 6.45) is 2.41. The van der Waals surface area contributed by atoms with Crippen molar-refractivity contribution in [1.29, 1.82) is 0 Å². The van der Waals surface area contributed by atoms with Crippen molar-refractivity contribution >= 4 is 33.0 Å². The van der Waals surface area contributed by atoms with E-state index in [-0.39, 0.29) is 4.90 Å². The van der Waals surface area contributed by atoms with Gasteiger partial charge in [-0.05, 0) is 48.9 Å². The standard InChI is InChI=1S/C18H24N2O3S2/c1-4-6-13-7-9-14(10-8-13)25(22,23)20-15-11-12-24-16(15)18(3,5-2)17(19)21/h7-12,20H,4-6H2,1-3H3,(H2,19,21). The first kappa shape index (κ1) is 19.5. The van der Waals surface area contributed by atoms with Crippen LogP contribution in [0.2, 0.25) is 0 Å². The summed E-state index contributed by atoms with van der Waals surface area (Å²) >= 11 is 1.33. The van der Waals surface area contributed by atoms with Gasteiger partial charge in [0.05, 0.1) is 16.0 Å². The number of nitrogens with one attached hydrogen (secondary N) is 1. The SMILES string of the molecule is CCCc1ccc(S(=O)(=O)Nc2ccsc2C(C)(CC)C(N)=O)cc1. The number of aryl methyl sites for hydroxylation is 1. The van der Waals surface area contributed by atoms with Crippen molar-refractivity contribution in [2.24, 2.45) is 5.73 Å². The van der Waals surface area contributed by atoms with Crippen molar-refractivity contribution in [3.8, 4) is 0 Å². The Morgan fingerprint density at radius 1 is 1.20 bits per heavy atom. The van der Waals surface area contributed by atoms with Crippen LogP contribution in [0, 0.1) is 0 Å². The lowest BCUT2D eigenvalue weighted by molar-refractivity contribution is -0.122. The second-order valence-electron chi connectivity index (χ2n) is 6.21. The fraction of sp³-hybridized carbons (Fsp3) is 0.389. The van der Waals surface area contributed by atoms with E-state index in [4.69, 9.17) is 5.73 Å². The largest absolute Gasteiger partial charge is 0.369 e. The molecular formula is C18H24N2O3S2. The maximum absolute atomic E-state index is 12.7. The highest BCUT2D eigenvalue weighted by molar-refractivity contribution is 7.92. The number of nitrogens with two attached hydrogens (primary N) is 1. The van der Waals surface area contributed by atoms with Crippen molar-refractivity contribution in [2.75, 3.05) is 4.72 Å². The zero-order valence-electron chi connectivity index (χ0n) is 14.7. The minimum absolute atomic E-state index is 0.196. The van der Waals surface area contributed by atoms with Gasteiger partial charge in [0.25, 0.3) is 10.0 Å². The summed E-state index contributed by atoms with van der Waals surface area (Å²) < 4.78 is 28.0. The smallest absolute Gasteiger partial charge is 0.261 e. The van der Waals surface area contributed by atoms with Gasteiger partial charge in [-0.15, -0.1) is 11.3 Å². The Morgan fingerprint density at radius 2 is 1.84 bits per heavy atom. The summed E-state index contributed by atoms with van der Waals surface area (Å²) in [5, 5.41) is 1.76. The first-order valence-corrected chi connectivity index (χ1v) is 10.6. The molecule has 0 aliphatic carbocycles. The number of carbonyl (C=O) groups excluding carboxylic acids is 1. The van der Waals surface area contributed by atoms with E-state index in [1.54, 1.807) is 30.5 Å². The second-order valence-corrected chi connectivity index (χ2v) is 8.81. The minimum Gasteiger partial charge on any atom is -0.369 e. The zero-order chi connectivity index (χ0) is 18.7. The maximum atomic E-state index is 12.7. The average molecular weight is 381 g/mol. The van der Waals surface area contributed by atoms with Crippen LogP contribution in [-0.4, -0.2) is 14.3 Å². The van der Waals surface area contributed by atoms with E-state index < -0.39 is 21.3 Å². The molecule has 3 N–H and O–H groups in total. The van der Waals surface area contributed by atoms with Gasteiger partial charge in [-0.2, -0.15) is 0 Å². The summed E-state index contributed by atoms with van der Waals surface area (Å²) in [7, 11) is -3.73. The Balaban J connectivity index is 2.33. The first-order chi connectivity index (χ1) is 11.7. The molecule has 0 aliphatic heterocycles. The normalized spacial score (nSPS) is 14.0. The van der Waals surface area contributed by atoms with Crippen LogP contribution in [-0.2, 0) is 26.7 Å². The number of sulfonamides is 1. The minimum atomic E-state index is -3.73. The Kier molecular flexibility index (Phi) is 5.90. The number of primary amides is 1. The molecule has 2 aromatic rings. The Morgan fingerprint density at radius 3 is 2.36 bits per heavy atom. The number of hydrogen-bond acceptors (Lipinski definition) is 4. The van der Waals surface area contributed by atoms with Crippen LogP contribution in [0.3, 0.4) is 0 Å². The first-order valence-electron chi connectivity index (χ1n) is 8.24. The van der Waals surface area contributed by atoms with Crippen molar-refractivity contribution in [3.63, 3.8) is 0 Å². The second kappa shape index (κ2) is 7.58. The van der Waals surface area contributed by atoms with Crippen LogP contribution in [0.25, 0.3) is 0 Å². The van der Waals surface area contributed by atoms with Gasteiger partial charge in [-0.25, -0.2) is 8.42 Å². The Labute approximate surface area is 153 Å². The molecule has 1 heterocycles. The van der Waals surface area contributed by atoms with Crippen LogP contribution in [0.4, 0.5) is 5.69 Å². The summed E-state index contributed by atoms with van der Waals surface area (Å²) in [5.41, 5.74) is 6.16. The molecule has 1 aromatic carbocycles. The highest BCUT2D eigenvalue weighted by Gasteiger charge is 2.35. The van der Waals surface area contributed by atoms with Gasteiger partial charge < -0.3 is 5.73 Å². The van der Waals surface area contributed by atoms with E-state index in [1.165, 1.54) is 11.3 Å². The average Bonchev–Trinajstić information content (AvgIpc) is 3.02. The van der Waals surface area contributed by atoms with Gasteiger partial charge in [0.2, 0.25) is 5.91 Å². The molecule has 0 radical (unpaired) electrons. The molecule has 2 rings (SSSR count). The fourth-order valence-electron chi connectivity index (χ4n) is 2.59. The number of amides is 1. The van der Waals surface area contributed by atoms with E-state index in [9.17, 15) is 13.2 Å². The highest BCUT2D eigenvalue weighted by Crippen LogP contribution is 2.38. The fourth-order valence-corrected chi connectivity index (χ4v) is 4.82. The lowest BCUT2D eigenvalue weighted by Crippen LogP contribution is -2.37. The Bertz CT molecular complexity index is 841. The summed E-state index contributed by atoms with van der Waals surface area (Å²) in [6.45, 7) is 5.67. The number of benzene rings is 1. The summed E-state index contributed by atoms with van der Waals surface area (Å²) in [4.78, 5) is 12.7. The molecule has 0 bridgehead atoms. The third-order valence-corrected chi connectivity index (χ3v) is 6.99. The molecule has 1 atom stereocenters. The Hall–Kier alpha value is -1.86. The number of carbonyl (C=O) groups is 1. The van der Waals surface area contributed by atoms with Gasteiger partial charge in [0, 0.05) is 4.88 Å². The van der Waals surface area contributed by atoms with Crippen LogP contribution in [0.1, 0.15) is 44.1 Å². The molecule has 0 aliphatic rings. The van der Waals surface area contributed by atoms with Crippen molar-refractivity contribution in [2.45, 2.75) is 50.3 Å². The molecule has 1 unspecified atom stereocenters. The molecule has 25 heavy (non-hydrogen) atoms. The van der Waals surface area contributed by atoms with Crippen molar-refractivity contribution < 1.29 is 13.2 Å². The topological polar surface area (TPSA) is 89.3 Å². The van der Waals surface area contributed by atoms with Crippen LogP contribution >= 0.6 is 11.3 Å². The molecule has 0 spiro atoms. The van der Waals surface area contributed by atoms with Gasteiger partial charge in [-0.3, -0.25) is 9.52 Å². The van der Waals surface area contributed by atoms with Crippen LogP contribution < -0.4 is 10.5 Å². The predicted molar refractivity (Wildman–Crippen MR) is 102 cm³/mol. The molecule has 0 fully saturated rings. The van der Waals surface area contributed by atoms with Gasteiger partial charge in [-0.1, -0.05) is 32.4 Å². The quantitative estimate of drug-likeness (QED) is 0.732. The monoisotopic (exact) mass is 380 g/mol. The highest BCUT2D eigenvalue weighted by atomic mass is 32.2. The van der Waals surface area contributed by atoms with Gasteiger partial charge in [0.1, 0.15) is 0 Å². The van der Waals surface area contributed by atoms with E-state index in [0.717, 1.165) is 18.4 Å². The van der Waals surface area contributed by atoms with E-state index in [2.05, 4.69) is 11.6 Å². The molecule has 7 heteroatoms. The molecule has 0 saturated carbocycles. The van der Waals surface area contributed by atoms with Gasteiger partial charge >= 0.3 is 0 Å². The molecular weight excluding hydrogens is 356 g/mol. The van der Waals surface area contributed by atoms with E-state index >= 15 is 0 Å². The maximum Gasteiger partial charge on any atom is 0.261 e. The van der Waals surface area contributed by atoms with Crippen molar-refractivity contribution in [3.05, 3.63) is 46.2 Å². The number of thiophene rings is 1. The van der Waals surface area contributed by atoms with Gasteiger partial charge in [0.15, 0.2) is 0 Å². The molecule has 1 amide bonds.